The smallest absolute Gasteiger partial charge is 0.231 e. The Labute approximate surface area is 77.0 Å². The van der Waals surface area contributed by atoms with Crippen LogP contribution in [0.4, 0.5) is 4.39 Å². The molecule has 72 valence electrons. The predicted molar refractivity (Wildman–Crippen MR) is 47.0 cm³/mol. The number of alkyl halides is 1. The molecule has 3 heteroatoms. The normalized spacial score (nSPS) is 43.2. The number of ether oxygens (including phenoxy) is 2. The Morgan fingerprint density at radius 2 is 2.31 bits per heavy atom. The number of rotatable bonds is 2. The minimum absolute atomic E-state index is 0.161. The SMILES string of the molecule is COC1(F)C=CC(C2(C)CO2)=CC1. The molecule has 0 aromatic rings. The summed E-state index contributed by atoms with van der Waals surface area (Å²) in [5.41, 5.74) is 0.892. The van der Waals surface area contributed by atoms with Crippen LogP contribution in [0.5, 0.6) is 0 Å². The fourth-order valence-corrected chi connectivity index (χ4v) is 1.42. The van der Waals surface area contributed by atoms with Gasteiger partial charge in [-0.05, 0) is 18.6 Å². The largest absolute Gasteiger partial charge is 0.365 e. The van der Waals surface area contributed by atoms with E-state index in [9.17, 15) is 4.39 Å². The lowest BCUT2D eigenvalue weighted by atomic mass is 9.94. The molecule has 0 aromatic carbocycles. The van der Waals surface area contributed by atoms with Crippen molar-refractivity contribution in [3.8, 4) is 0 Å². The molecule has 1 saturated heterocycles. The van der Waals surface area contributed by atoms with Crippen molar-refractivity contribution in [2.24, 2.45) is 0 Å². The number of halogens is 1. The van der Waals surface area contributed by atoms with Gasteiger partial charge in [0.2, 0.25) is 5.85 Å². The molecule has 2 atom stereocenters. The molecule has 0 amide bonds. The van der Waals surface area contributed by atoms with Crippen LogP contribution in [-0.4, -0.2) is 25.2 Å². The third kappa shape index (κ3) is 1.54. The van der Waals surface area contributed by atoms with Crippen LogP contribution in [0, 0.1) is 0 Å². The van der Waals surface area contributed by atoms with E-state index in [2.05, 4.69) is 0 Å². The Kier molecular flexibility index (Phi) is 1.82. The minimum Gasteiger partial charge on any atom is -0.365 e. The molecule has 1 heterocycles. The van der Waals surface area contributed by atoms with Crippen molar-refractivity contribution < 1.29 is 13.9 Å². The third-order valence-corrected chi connectivity index (χ3v) is 2.64. The van der Waals surface area contributed by atoms with Gasteiger partial charge >= 0.3 is 0 Å². The Morgan fingerprint density at radius 3 is 2.69 bits per heavy atom. The van der Waals surface area contributed by atoms with Gasteiger partial charge in [0.15, 0.2) is 0 Å². The molecule has 1 aliphatic heterocycles. The molecule has 0 bridgehead atoms. The van der Waals surface area contributed by atoms with Crippen molar-refractivity contribution in [1.29, 1.82) is 0 Å². The molecule has 13 heavy (non-hydrogen) atoms. The van der Waals surface area contributed by atoms with Crippen LogP contribution in [0.3, 0.4) is 0 Å². The highest BCUT2D eigenvalue weighted by molar-refractivity contribution is 5.36. The summed E-state index contributed by atoms with van der Waals surface area (Å²) in [4.78, 5) is 0. The van der Waals surface area contributed by atoms with Crippen LogP contribution in [-0.2, 0) is 9.47 Å². The molecule has 0 radical (unpaired) electrons. The summed E-state index contributed by atoms with van der Waals surface area (Å²) in [5.74, 6) is -1.62. The maximum Gasteiger partial charge on any atom is 0.231 e. The van der Waals surface area contributed by atoms with Gasteiger partial charge < -0.3 is 9.47 Å². The fraction of sp³-hybridized carbons (Fsp3) is 0.600. The van der Waals surface area contributed by atoms with Crippen molar-refractivity contribution in [1.82, 2.24) is 0 Å². The van der Waals surface area contributed by atoms with Gasteiger partial charge in [-0.2, -0.15) is 0 Å². The summed E-state index contributed by atoms with van der Waals surface area (Å²) in [5, 5.41) is 0. The first-order chi connectivity index (χ1) is 6.08. The number of methoxy groups -OCH3 is 1. The molecule has 2 rings (SSSR count). The highest BCUT2D eigenvalue weighted by Gasteiger charge is 2.43. The summed E-state index contributed by atoms with van der Waals surface area (Å²) >= 11 is 0. The van der Waals surface area contributed by atoms with Gasteiger partial charge in [-0.1, -0.05) is 12.2 Å². The number of epoxide rings is 1. The van der Waals surface area contributed by atoms with E-state index in [4.69, 9.17) is 9.47 Å². The molecule has 0 saturated carbocycles. The van der Waals surface area contributed by atoms with Gasteiger partial charge in [-0.15, -0.1) is 0 Å². The lowest BCUT2D eigenvalue weighted by Gasteiger charge is -2.23. The zero-order valence-corrected chi connectivity index (χ0v) is 7.84. The Balaban J connectivity index is 2.10. The van der Waals surface area contributed by atoms with Crippen molar-refractivity contribution in [3.05, 3.63) is 23.8 Å². The topological polar surface area (TPSA) is 21.8 Å². The highest BCUT2D eigenvalue weighted by Crippen LogP contribution is 2.39. The van der Waals surface area contributed by atoms with E-state index in [1.807, 2.05) is 13.0 Å². The van der Waals surface area contributed by atoms with Crippen molar-refractivity contribution >= 4 is 0 Å². The van der Waals surface area contributed by atoms with Gasteiger partial charge in [0.05, 0.1) is 6.61 Å². The first kappa shape index (κ1) is 8.91. The highest BCUT2D eigenvalue weighted by atomic mass is 19.2. The summed E-state index contributed by atoms with van der Waals surface area (Å²) in [6.07, 6.45) is 5.32. The summed E-state index contributed by atoms with van der Waals surface area (Å²) in [7, 11) is 1.37. The molecular formula is C10H13FO2. The average molecular weight is 184 g/mol. The zero-order valence-electron chi connectivity index (χ0n) is 7.84. The monoisotopic (exact) mass is 184 g/mol. The van der Waals surface area contributed by atoms with E-state index >= 15 is 0 Å². The van der Waals surface area contributed by atoms with E-state index < -0.39 is 5.85 Å². The first-order valence-corrected chi connectivity index (χ1v) is 4.36. The number of hydrogen-bond acceptors (Lipinski definition) is 2. The molecule has 2 nitrogen and oxygen atoms in total. The fourth-order valence-electron chi connectivity index (χ4n) is 1.42. The molecule has 0 spiro atoms. The van der Waals surface area contributed by atoms with E-state index in [-0.39, 0.29) is 12.0 Å². The maximum atomic E-state index is 13.5. The second-order valence-corrected chi connectivity index (χ2v) is 3.71. The van der Waals surface area contributed by atoms with Gasteiger partial charge in [-0.25, -0.2) is 4.39 Å². The van der Waals surface area contributed by atoms with Crippen LogP contribution in [0.15, 0.2) is 23.8 Å². The van der Waals surface area contributed by atoms with Crippen molar-refractivity contribution in [3.63, 3.8) is 0 Å². The molecule has 1 aliphatic carbocycles. The zero-order chi connectivity index (χ0) is 9.53. The lowest BCUT2D eigenvalue weighted by molar-refractivity contribution is -0.0771. The second kappa shape index (κ2) is 2.66. The van der Waals surface area contributed by atoms with E-state index in [1.165, 1.54) is 13.2 Å². The minimum atomic E-state index is -1.62. The Bertz CT molecular complexity index is 279. The first-order valence-electron chi connectivity index (χ1n) is 4.36. The van der Waals surface area contributed by atoms with Gasteiger partial charge in [0, 0.05) is 13.5 Å². The lowest BCUT2D eigenvalue weighted by Crippen LogP contribution is -2.25. The van der Waals surface area contributed by atoms with E-state index in [1.54, 1.807) is 6.08 Å². The van der Waals surface area contributed by atoms with Crippen LogP contribution >= 0.6 is 0 Å². The van der Waals surface area contributed by atoms with Crippen LogP contribution < -0.4 is 0 Å². The van der Waals surface area contributed by atoms with E-state index in [0.29, 0.717) is 0 Å². The molecule has 2 unspecified atom stereocenters. The third-order valence-electron chi connectivity index (χ3n) is 2.64. The van der Waals surface area contributed by atoms with Gasteiger partial charge in [-0.3, -0.25) is 0 Å². The molecule has 1 fully saturated rings. The Hall–Kier alpha value is -0.670. The molecule has 0 aromatic heterocycles. The molecule has 0 N–H and O–H groups in total. The number of hydrogen-bond donors (Lipinski definition) is 0. The predicted octanol–water partition coefficient (Wildman–Crippen LogP) is 1.97. The second-order valence-electron chi connectivity index (χ2n) is 3.71. The average Bonchev–Trinajstić information content (AvgIpc) is 2.86. The van der Waals surface area contributed by atoms with Gasteiger partial charge in [0.25, 0.3) is 0 Å². The van der Waals surface area contributed by atoms with Crippen LogP contribution in [0.25, 0.3) is 0 Å². The summed E-state index contributed by atoms with van der Waals surface area (Å²) < 4.78 is 23.5. The molecule has 2 aliphatic rings. The quantitative estimate of drug-likeness (QED) is 0.612. The van der Waals surface area contributed by atoms with Crippen molar-refractivity contribution in [2.45, 2.75) is 24.8 Å². The van der Waals surface area contributed by atoms with Crippen LogP contribution in [0.1, 0.15) is 13.3 Å². The summed E-state index contributed by atoms with van der Waals surface area (Å²) in [6, 6.07) is 0. The molecular weight excluding hydrogens is 171 g/mol. The Morgan fingerprint density at radius 1 is 1.62 bits per heavy atom. The standard InChI is InChI=1S/C10H13FO2/c1-9(7-13-9)8-3-5-10(11,12-2)6-4-8/h3-5H,6-7H2,1-2H3. The summed E-state index contributed by atoms with van der Waals surface area (Å²) in [6.45, 7) is 2.73. The van der Waals surface area contributed by atoms with E-state index in [0.717, 1.165) is 12.2 Å². The van der Waals surface area contributed by atoms with Gasteiger partial charge in [0.1, 0.15) is 5.60 Å². The van der Waals surface area contributed by atoms with Crippen LogP contribution in [0.2, 0.25) is 0 Å². The maximum absolute atomic E-state index is 13.5. The van der Waals surface area contributed by atoms with Crippen molar-refractivity contribution in [2.75, 3.05) is 13.7 Å².